The molecule has 2 rings (SSSR count). The van der Waals surface area contributed by atoms with Crippen molar-refractivity contribution in [2.24, 2.45) is 0 Å². The van der Waals surface area contributed by atoms with Gasteiger partial charge in [-0.3, -0.25) is 38.6 Å². The van der Waals surface area contributed by atoms with Gasteiger partial charge in [-0.2, -0.15) is 23.5 Å². The highest BCUT2D eigenvalue weighted by atomic mass is 32.2. The number of hydrogen-bond donors (Lipinski definition) is 2. The van der Waals surface area contributed by atoms with E-state index in [1.165, 1.54) is 33.3 Å². The van der Waals surface area contributed by atoms with Gasteiger partial charge in [0, 0.05) is 65.1 Å². The molecule has 2 atom stereocenters. The molecule has 2 heterocycles. The second kappa shape index (κ2) is 24.9. The Balaban J connectivity index is 1.26. The Labute approximate surface area is 287 Å². The Hall–Kier alpha value is -2.20. The number of amides is 6. The van der Waals surface area contributed by atoms with Crippen molar-refractivity contribution in [1.29, 1.82) is 0 Å². The first-order valence-electron chi connectivity index (χ1n) is 16.8. The number of rotatable bonds is 28. The summed E-state index contributed by atoms with van der Waals surface area (Å²) in [5.74, 6) is -0.376. The highest BCUT2D eigenvalue weighted by molar-refractivity contribution is 8.00. The van der Waals surface area contributed by atoms with E-state index in [2.05, 4.69) is 10.6 Å². The topological polar surface area (TPSA) is 161 Å². The van der Waals surface area contributed by atoms with Gasteiger partial charge in [0.2, 0.25) is 35.4 Å². The van der Waals surface area contributed by atoms with E-state index in [0.29, 0.717) is 117 Å². The van der Waals surface area contributed by atoms with E-state index < -0.39 is 0 Å². The quantitative estimate of drug-likeness (QED) is 0.0909. The molecule has 2 unspecified atom stereocenters. The number of nitrogens with one attached hydrogen (secondary N) is 2. The number of imide groups is 2. The van der Waals surface area contributed by atoms with E-state index in [9.17, 15) is 28.8 Å². The van der Waals surface area contributed by atoms with Crippen molar-refractivity contribution in [2.45, 2.75) is 87.5 Å². The normalized spacial score (nSPS) is 18.1. The van der Waals surface area contributed by atoms with E-state index in [1.807, 2.05) is 12.5 Å². The molecule has 0 aliphatic carbocycles. The summed E-state index contributed by atoms with van der Waals surface area (Å²) in [6, 6.07) is 0. The highest BCUT2D eigenvalue weighted by Gasteiger charge is 2.38. The summed E-state index contributed by atoms with van der Waals surface area (Å²) >= 11 is 2.83. The largest absolute Gasteiger partial charge is 0.379 e. The molecule has 2 aliphatic rings. The van der Waals surface area contributed by atoms with Gasteiger partial charge in [0.05, 0.1) is 36.9 Å². The molecule has 2 N–H and O–H groups in total. The highest BCUT2D eigenvalue weighted by Crippen LogP contribution is 2.24. The predicted molar refractivity (Wildman–Crippen MR) is 182 cm³/mol. The zero-order valence-electron chi connectivity index (χ0n) is 28.1. The molecule has 47 heavy (non-hydrogen) atoms. The fourth-order valence-corrected chi connectivity index (χ4v) is 6.41. The van der Waals surface area contributed by atoms with Crippen molar-refractivity contribution in [1.82, 2.24) is 20.4 Å². The van der Waals surface area contributed by atoms with Crippen LogP contribution in [0, 0.1) is 0 Å². The van der Waals surface area contributed by atoms with Crippen LogP contribution in [0.5, 0.6) is 0 Å². The summed E-state index contributed by atoms with van der Waals surface area (Å²) < 4.78 is 16.5. The van der Waals surface area contributed by atoms with Gasteiger partial charge in [-0.25, -0.2) is 0 Å². The van der Waals surface area contributed by atoms with Gasteiger partial charge in [0.15, 0.2) is 0 Å². The summed E-state index contributed by atoms with van der Waals surface area (Å²) in [5, 5.41) is 5.28. The second-order valence-electron chi connectivity index (χ2n) is 11.5. The number of carbonyl (C=O) groups is 6. The third-order valence-corrected chi connectivity index (χ3v) is 9.74. The fourth-order valence-electron chi connectivity index (χ4n) is 5.13. The summed E-state index contributed by atoms with van der Waals surface area (Å²) in [6.07, 6.45) is 11.0. The molecule has 13 nitrogen and oxygen atoms in total. The number of likely N-dealkylation sites (tertiary alicyclic amines) is 2. The maximum Gasteiger partial charge on any atom is 0.242 e. The predicted octanol–water partition coefficient (Wildman–Crippen LogP) is 2.15. The summed E-state index contributed by atoms with van der Waals surface area (Å²) in [4.78, 5) is 74.7. The molecule has 2 fully saturated rings. The van der Waals surface area contributed by atoms with Gasteiger partial charge >= 0.3 is 0 Å². The maximum absolute atomic E-state index is 12.1. The van der Waals surface area contributed by atoms with Crippen molar-refractivity contribution in [3.05, 3.63) is 0 Å². The first kappa shape index (κ1) is 41.0. The zero-order chi connectivity index (χ0) is 34.3. The van der Waals surface area contributed by atoms with Crippen LogP contribution >= 0.6 is 23.5 Å². The van der Waals surface area contributed by atoms with Crippen molar-refractivity contribution in [3.63, 3.8) is 0 Å². The molecule has 15 heteroatoms. The number of thioether (sulfide) groups is 2. The molecule has 2 aliphatic heterocycles. The van der Waals surface area contributed by atoms with E-state index in [0.717, 1.165) is 25.7 Å². The monoisotopic (exact) mass is 702 g/mol. The van der Waals surface area contributed by atoms with Crippen LogP contribution in [0.15, 0.2) is 0 Å². The standard InChI is InChI=1S/C32H54N4O9S2/c1-46-25-23-29(39)35(31(25)41)15-7-3-5-11-27(37)33-13-9-17-43-19-21-45-22-20-44-18-10-14-34-28(38)12-6-4-8-16-36-30(40)24-26(47-2)32(36)42/h25-26H,3-24H2,1-2H3,(H,33,37)(H,34,38). The number of carbonyl (C=O) groups excluding carboxylic acids is 6. The molecule has 0 radical (unpaired) electrons. The Morgan fingerprint density at radius 1 is 0.596 bits per heavy atom. The minimum Gasteiger partial charge on any atom is -0.379 e. The molecule has 2 saturated heterocycles. The lowest BCUT2D eigenvalue weighted by Gasteiger charge is -2.14. The van der Waals surface area contributed by atoms with Crippen molar-refractivity contribution in [3.8, 4) is 0 Å². The average molecular weight is 703 g/mol. The first-order valence-corrected chi connectivity index (χ1v) is 19.4. The molecule has 0 saturated carbocycles. The molecule has 0 bridgehead atoms. The van der Waals surface area contributed by atoms with Crippen LogP contribution in [-0.4, -0.2) is 134 Å². The van der Waals surface area contributed by atoms with Crippen LogP contribution in [0.25, 0.3) is 0 Å². The lowest BCUT2D eigenvalue weighted by molar-refractivity contribution is -0.139. The smallest absolute Gasteiger partial charge is 0.242 e. The lowest BCUT2D eigenvalue weighted by Crippen LogP contribution is -2.32. The van der Waals surface area contributed by atoms with Gasteiger partial charge < -0.3 is 24.8 Å². The maximum atomic E-state index is 12.1. The molecule has 268 valence electrons. The molecule has 0 aromatic heterocycles. The lowest BCUT2D eigenvalue weighted by atomic mass is 10.2. The van der Waals surface area contributed by atoms with Crippen molar-refractivity contribution < 1.29 is 43.0 Å². The minimum atomic E-state index is -0.242. The number of unbranched alkanes of at least 4 members (excludes halogenated alkanes) is 4. The molecule has 0 aromatic rings. The van der Waals surface area contributed by atoms with Crippen LogP contribution < -0.4 is 10.6 Å². The number of hydrogen-bond acceptors (Lipinski definition) is 11. The van der Waals surface area contributed by atoms with Crippen molar-refractivity contribution >= 4 is 59.0 Å². The Morgan fingerprint density at radius 3 is 1.34 bits per heavy atom. The second-order valence-corrected chi connectivity index (χ2v) is 13.6. The van der Waals surface area contributed by atoms with E-state index in [-0.39, 0.29) is 45.9 Å². The number of ether oxygens (including phenoxy) is 3. The summed E-state index contributed by atoms with van der Waals surface area (Å²) in [5.41, 5.74) is 0. The van der Waals surface area contributed by atoms with E-state index in [1.54, 1.807) is 0 Å². The van der Waals surface area contributed by atoms with Gasteiger partial charge in [-0.05, 0) is 51.0 Å². The van der Waals surface area contributed by atoms with Crippen molar-refractivity contribution in [2.75, 3.05) is 78.3 Å². The molecular weight excluding hydrogens is 649 g/mol. The van der Waals surface area contributed by atoms with Crippen LogP contribution in [-0.2, 0) is 43.0 Å². The Morgan fingerprint density at radius 2 is 0.979 bits per heavy atom. The van der Waals surface area contributed by atoms with Crippen LogP contribution in [0.2, 0.25) is 0 Å². The van der Waals surface area contributed by atoms with Crippen LogP contribution in [0.1, 0.15) is 77.0 Å². The third kappa shape index (κ3) is 16.6. The van der Waals surface area contributed by atoms with Gasteiger partial charge in [0.25, 0.3) is 0 Å². The van der Waals surface area contributed by atoms with Crippen LogP contribution in [0.3, 0.4) is 0 Å². The first-order chi connectivity index (χ1) is 22.8. The molecular formula is C32H54N4O9S2. The summed E-state index contributed by atoms with van der Waals surface area (Å²) in [6.45, 7) is 4.87. The van der Waals surface area contributed by atoms with E-state index in [4.69, 9.17) is 14.2 Å². The van der Waals surface area contributed by atoms with Gasteiger partial charge in [0.1, 0.15) is 0 Å². The van der Waals surface area contributed by atoms with Crippen LogP contribution in [0.4, 0.5) is 0 Å². The van der Waals surface area contributed by atoms with E-state index >= 15 is 0 Å². The number of nitrogens with zero attached hydrogens (tertiary/aromatic N) is 2. The summed E-state index contributed by atoms with van der Waals surface area (Å²) in [7, 11) is 0. The Bertz CT molecular complexity index is 928. The minimum absolute atomic E-state index is 0.00410. The Kier molecular flexibility index (Phi) is 21.7. The fraction of sp³-hybridized carbons (Fsp3) is 0.812. The molecule has 0 spiro atoms. The average Bonchev–Trinajstić information content (AvgIpc) is 3.50. The van der Waals surface area contributed by atoms with Gasteiger partial charge in [-0.1, -0.05) is 12.8 Å². The SMILES string of the molecule is CSC1CC(=O)N(CCCCCC(=O)NCCCOCCOCCOCCCNC(=O)CCCCCN2C(=O)CC(SC)C2=O)C1=O. The zero-order valence-corrected chi connectivity index (χ0v) is 29.7. The third-order valence-electron chi connectivity index (χ3n) is 7.86. The molecule has 6 amide bonds. The molecule has 0 aromatic carbocycles. The van der Waals surface area contributed by atoms with Gasteiger partial charge in [-0.15, -0.1) is 0 Å².